The summed E-state index contributed by atoms with van der Waals surface area (Å²) in [5.74, 6) is 0.738. The van der Waals surface area contributed by atoms with E-state index in [0.717, 1.165) is 41.9 Å². The maximum Gasteiger partial charge on any atom is 0.254 e. The molecule has 0 radical (unpaired) electrons. The standard InChI is InChI=1S/C28H30N6O2/c1-32(21-3-4-21)22-6-9-29-24(15-22)20-16-30-27(31-17-20)34-18-28(7-8-28)23-5-2-19(14-25(23)34)26(35)33-10-12-36-13-11-33/h2,5-6,9,14-17,21H,3-4,7-8,10-13,18H2,1H3. The second-order valence-electron chi connectivity index (χ2n) is 10.5. The predicted molar refractivity (Wildman–Crippen MR) is 138 cm³/mol. The summed E-state index contributed by atoms with van der Waals surface area (Å²) in [6.07, 6.45) is 10.4. The highest BCUT2D eigenvalue weighted by atomic mass is 16.5. The van der Waals surface area contributed by atoms with Crippen molar-refractivity contribution >= 4 is 23.2 Å². The van der Waals surface area contributed by atoms with Crippen molar-refractivity contribution in [2.24, 2.45) is 0 Å². The second-order valence-corrected chi connectivity index (χ2v) is 10.5. The minimum Gasteiger partial charge on any atom is -0.378 e. The van der Waals surface area contributed by atoms with E-state index in [4.69, 9.17) is 14.7 Å². The van der Waals surface area contributed by atoms with E-state index in [-0.39, 0.29) is 11.3 Å². The molecule has 0 unspecified atom stereocenters. The molecule has 8 nitrogen and oxygen atoms in total. The molecule has 7 rings (SSSR count). The lowest BCUT2D eigenvalue weighted by atomic mass is 9.97. The van der Waals surface area contributed by atoms with Crippen LogP contribution in [0.25, 0.3) is 11.3 Å². The van der Waals surface area contributed by atoms with E-state index in [9.17, 15) is 4.79 Å². The second kappa shape index (κ2) is 8.27. The number of rotatable bonds is 5. The van der Waals surface area contributed by atoms with Gasteiger partial charge in [0.15, 0.2) is 0 Å². The fourth-order valence-electron chi connectivity index (χ4n) is 5.58. The third kappa shape index (κ3) is 3.71. The lowest BCUT2D eigenvalue weighted by molar-refractivity contribution is 0.0303. The number of hydrogen-bond acceptors (Lipinski definition) is 7. The summed E-state index contributed by atoms with van der Waals surface area (Å²) in [5.41, 5.74) is 6.22. The van der Waals surface area contributed by atoms with Gasteiger partial charge >= 0.3 is 0 Å². The summed E-state index contributed by atoms with van der Waals surface area (Å²) >= 11 is 0. The van der Waals surface area contributed by atoms with Gasteiger partial charge in [-0.3, -0.25) is 9.78 Å². The number of hydrogen-bond donors (Lipinski definition) is 0. The molecule has 4 aliphatic rings. The first-order valence-corrected chi connectivity index (χ1v) is 12.9. The molecule has 3 aromatic rings. The van der Waals surface area contributed by atoms with E-state index in [1.54, 1.807) is 0 Å². The van der Waals surface area contributed by atoms with E-state index < -0.39 is 0 Å². The smallest absolute Gasteiger partial charge is 0.254 e. The average Bonchev–Trinajstić information content (AvgIpc) is 3.87. The van der Waals surface area contributed by atoms with Crippen molar-refractivity contribution in [3.63, 3.8) is 0 Å². The van der Waals surface area contributed by atoms with Gasteiger partial charge in [-0.1, -0.05) is 6.07 Å². The van der Waals surface area contributed by atoms with Crippen LogP contribution in [-0.2, 0) is 10.2 Å². The van der Waals surface area contributed by atoms with Gasteiger partial charge in [-0.2, -0.15) is 0 Å². The molecule has 1 amide bonds. The Morgan fingerprint density at radius 1 is 1.06 bits per heavy atom. The van der Waals surface area contributed by atoms with Crippen LogP contribution in [-0.4, -0.2) is 71.7 Å². The van der Waals surface area contributed by atoms with Crippen LogP contribution in [0, 0.1) is 0 Å². The summed E-state index contributed by atoms with van der Waals surface area (Å²) in [6.45, 7) is 3.33. The van der Waals surface area contributed by atoms with Crippen molar-refractivity contribution in [1.82, 2.24) is 19.9 Å². The third-order valence-electron chi connectivity index (χ3n) is 8.14. The highest BCUT2D eigenvalue weighted by Gasteiger charge is 2.52. The number of carbonyl (C=O) groups excluding carboxylic acids is 1. The van der Waals surface area contributed by atoms with Crippen LogP contribution in [0.3, 0.4) is 0 Å². The third-order valence-corrected chi connectivity index (χ3v) is 8.14. The summed E-state index contributed by atoms with van der Waals surface area (Å²) in [7, 11) is 2.15. The molecule has 8 heteroatoms. The van der Waals surface area contributed by atoms with Crippen LogP contribution in [0.15, 0.2) is 48.9 Å². The van der Waals surface area contributed by atoms with Crippen LogP contribution in [0.1, 0.15) is 41.6 Å². The van der Waals surface area contributed by atoms with Gasteiger partial charge in [0, 0.05) is 79.2 Å². The fraction of sp³-hybridized carbons (Fsp3) is 0.429. The number of carbonyl (C=O) groups is 1. The quantitative estimate of drug-likeness (QED) is 0.548. The Bertz CT molecular complexity index is 1310. The molecule has 0 bridgehead atoms. The summed E-state index contributed by atoms with van der Waals surface area (Å²) < 4.78 is 5.42. The van der Waals surface area contributed by atoms with Gasteiger partial charge in [-0.25, -0.2) is 9.97 Å². The molecule has 3 fully saturated rings. The highest BCUT2D eigenvalue weighted by molar-refractivity contribution is 5.96. The summed E-state index contributed by atoms with van der Waals surface area (Å²) in [4.78, 5) is 33.6. The Morgan fingerprint density at radius 3 is 2.56 bits per heavy atom. The number of benzene rings is 1. The van der Waals surface area contributed by atoms with Crippen molar-refractivity contribution in [1.29, 1.82) is 0 Å². The molecule has 4 heterocycles. The molecular formula is C28H30N6O2. The summed E-state index contributed by atoms with van der Waals surface area (Å²) in [6, 6.07) is 11.0. The predicted octanol–water partition coefficient (Wildman–Crippen LogP) is 3.79. The van der Waals surface area contributed by atoms with Crippen molar-refractivity contribution in [3.05, 3.63) is 60.0 Å². The molecule has 1 saturated heterocycles. The Morgan fingerprint density at radius 2 is 1.83 bits per heavy atom. The average molecular weight is 483 g/mol. The van der Waals surface area contributed by atoms with Crippen molar-refractivity contribution in [2.45, 2.75) is 37.1 Å². The number of aromatic nitrogens is 3. The molecule has 1 spiro atoms. The topological polar surface area (TPSA) is 74.7 Å². The molecule has 1 aromatic carbocycles. The zero-order valence-electron chi connectivity index (χ0n) is 20.6. The largest absolute Gasteiger partial charge is 0.378 e. The molecule has 0 N–H and O–H groups in total. The van der Waals surface area contributed by atoms with E-state index in [0.29, 0.717) is 38.3 Å². The minimum absolute atomic E-state index is 0.0659. The van der Waals surface area contributed by atoms with Crippen molar-refractivity contribution in [3.8, 4) is 11.3 Å². The molecule has 2 aromatic heterocycles. The molecule has 2 saturated carbocycles. The molecule has 2 aliphatic carbocycles. The van der Waals surface area contributed by atoms with Crippen LogP contribution in [0.2, 0.25) is 0 Å². The van der Waals surface area contributed by atoms with Gasteiger partial charge < -0.3 is 19.4 Å². The molecular weight excluding hydrogens is 452 g/mol. The number of anilines is 3. The zero-order valence-corrected chi connectivity index (χ0v) is 20.6. The zero-order chi connectivity index (χ0) is 24.3. The number of fused-ring (bicyclic) bond motifs is 2. The van der Waals surface area contributed by atoms with Gasteiger partial charge in [-0.15, -0.1) is 0 Å². The number of nitrogens with zero attached hydrogens (tertiary/aromatic N) is 6. The molecule has 2 aliphatic heterocycles. The fourth-order valence-corrected chi connectivity index (χ4v) is 5.58. The van der Waals surface area contributed by atoms with E-state index >= 15 is 0 Å². The maximum atomic E-state index is 13.2. The lowest BCUT2D eigenvalue weighted by Gasteiger charge is -2.27. The Labute approximate surface area is 210 Å². The van der Waals surface area contributed by atoms with Crippen LogP contribution in [0.4, 0.5) is 17.3 Å². The lowest BCUT2D eigenvalue weighted by Crippen LogP contribution is -2.40. The Balaban J connectivity index is 1.17. The molecule has 184 valence electrons. The Kier molecular flexibility index (Phi) is 4.99. The normalized spacial score (nSPS) is 19.9. The highest BCUT2D eigenvalue weighted by Crippen LogP contribution is 2.57. The van der Waals surface area contributed by atoms with Gasteiger partial charge in [0.1, 0.15) is 0 Å². The molecule has 36 heavy (non-hydrogen) atoms. The number of ether oxygens (including phenoxy) is 1. The van der Waals surface area contributed by atoms with Crippen LogP contribution < -0.4 is 9.80 Å². The van der Waals surface area contributed by atoms with Crippen molar-refractivity contribution in [2.75, 3.05) is 49.7 Å². The SMILES string of the molecule is CN(c1ccnc(-c2cnc(N3CC4(CC4)c4ccc(C(=O)N5CCOCC5)cc43)nc2)c1)C1CC1. The van der Waals surface area contributed by atoms with Crippen LogP contribution in [0.5, 0.6) is 0 Å². The van der Waals surface area contributed by atoms with E-state index in [1.165, 1.54) is 24.1 Å². The monoisotopic (exact) mass is 482 g/mol. The van der Waals surface area contributed by atoms with Crippen LogP contribution >= 0.6 is 0 Å². The minimum atomic E-state index is 0.0659. The maximum absolute atomic E-state index is 13.2. The first-order valence-electron chi connectivity index (χ1n) is 12.9. The van der Waals surface area contributed by atoms with Gasteiger partial charge in [0.25, 0.3) is 5.91 Å². The number of amides is 1. The number of morpholine rings is 1. The summed E-state index contributed by atoms with van der Waals surface area (Å²) in [5, 5.41) is 0. The molecule has 0 atom stereocenters. The van der Waals surface area contributed by atoms with E-state index in [1.807, 2.05) is 35.6 Å². The van der Waals surface area contributed by atoms with Gasteiger partial charge in [0.05, 0.1) is 18.9 Å². The first kappa shape index (κ1) is 21.7. The Hall–Kier alpha value is -3.52. The van der Waals surface area contributed by atoms with E-state index in [2.05, 4.69) is 40.0 Å². The van der Waals surface area contributed by atoms with Crippen molar-refractivity contribution < 1.29 is 9.53 Å². The van der Waals surface area contributed by atoms with Gasteiger partial charge in [0.2, 0.25) is 5.95 Å². The van der Waals surface area contributed by atoms with Gasteiger partial charge in [-0.05, 0) is 55.5 Å². The first-order chi connectivity index (χ1) is 17.6. The number of pyridine rings is 1.